The monoisotopic (exact) mass is 176 g/mol. The number of hydrogen-bond acceptors (Lipinski definition) is 4. The standard InChI is InChI=1S/C8H20N2O2/c1-10(2)4-6-12-8-7-11-5-3-9/h3-9H2,1-2H3. The van der Waals surface area contributed by atoms with E-state index in [9.17, 15) is 0 Å². The summed E-state index contributed by atoms with van der Waals surface area (Å²) in [5.74, 6) is 0. The van der Waals surface area contributed by atoms with E-state index in [4.69, 9.17) is 15.2 Å². The summed E-state index contributed by atoms with van der Waals surface area (Å²) in [4.78, 5) is 2.08. The van der Waals surface area contributed by atoms with Gasteiger partial charge in [-0.15, -0.1) is 0 Å². The molecule has 4 nitrogen and oxygen atoms in total. The average Bonchev–Trinajstić information content (AvgIpc) is 2.02. The third kappa shape index (κ3) is 9.84. The van der Waals surface area contributed by atoms with E-state index in [0.29, 0.717) is 26.4 Å². The van der Waals surface area contributed by atoms with Gasteiger partial charge in [0.1, 0.15) is 0 Å². The molecule has 74 valence electrons. The zero-order chi connectivity index (χ0) is 9.23. The van der Waals surface area contributed by atoms with Crippen molar-refractivity contribution in [3.63, 3.8) is 0 Å². The molecule has 0 aliphatic heterocycles. The predicted octanol–water partition coefficient (Wildman–Crippen LogP) is -0.460. The smallest absolute Gasteiger partial charge is 0.0701 e. The fourth-order valence-corrected chi connectivity index (χ4v) is 0.652. The summed E-state index contributed by atoms with van der Waals surface area (Å²) in [6.07, 6.45) is 0. The quantitative estimate of drug-likeness (QED) is 0.508. The minimum absolute atomic E-state index is 0.581. The highest BCUT2D eigenvalue weighted by atomic mass is 16.5. The van der Waals surface area contributed by atoms with Crippen molar-refractivity contribution in [2.75, 3.05) is 53.6 Å². The molecular formula is C8H20N2O2. The maximum atomic E-state index is 5.28. The number of ether oxygens (including phenoxy) is 2. The molecule has 0 amide bonds. The maximum absolute atomic E-state index is 5.28. The summed E-state index contributed by atoms with van der Waals surface area (Å²) in [5.41, 5.74) is 5.24. The predicted molar refractivity (Wildman–Crippen MR) is 49.2 cm³/mol. The van der Waals surface area contributed by atoms with E-state index in [1.54, 1.807) is 0 Å². The summed E-state index contributed by atoms with van der Waals surface area (Å²) >= 11 is 0. The molecule has 0 aromatic rings. The van der Waals surface area contributed by atoms with E-state index in [1.807, 2.05) is 14.1 Å². The summed E-state index contributed by atoms with van der Waals surface area (Å²) in [6.45, 7) is 4.23. The minimum Gasteiger partial charge on any atom is -0.378 e. The van der Waals surface area contributed by atoms with Gasteiger partial charge in [-0.2, -0.15) is 0 Å². The van der Waals surface area contributed by atoms with Crippen molar-refractivity contribution in [3.8, 4) is 0 Å². The Kier molecular flexibility index (Phi) is 8.81. The summed E-state index contributed by atoms with van der Waals surface area (Å²) in [6, 6.07) is 0. The maximum Gasteiger partial charge on any atom is 0.0701 e. The zero-order valence-corrected chi connectivity index (χ0v) is 8.08. The van der Waals surface area contributed by atoms with Crippen LogP contribution >= 0.6 is 0 Å². The van der Waals surface area contributed by atoms with Crippen molar-refractivity contribution in [2.24, 2.45) is 5.73 Å². The molecule has 0 fully saturated rings. The van der Waals surface area contributed by atoms with Gasteiger partial charge in [0.15, 0.2) is 0 Å². The first-order valence-corrected chi connectivity index (χ1v) is 4.27. The van der Waals surface area contributed by atoms with E-state index in [1.165, 1.54) is 0 Å². The fraction of sp³-hybridized carbons (Fsp3) is 1.00. The number of nitrogens with zero attached hydrogens (tertiary/aromatic N) is 1. The van der Waals surface area contributed by atoms with Crippen LogP contribution in [0.2, 0.25) is 0 Å². The SMILES string of the molecule is CN(C)CCOCCOCCN. The number of likely N-dealkylation sites (N-methyl/N-ethyl adjacent to an activating group) is 1. The van der Waals surface area contributed by atoms with E-state index < -0.39 is 0 Å². The van der Waals surface area contributed by atoms with E-state index in [2.05, 4.69) is 4.90 Å². The molecule has 12 heavy (non-hydrogen) atoms. The van der Waals surface area contributed by atoms with Crippen LogP contribution in [0.25, 0.3) is 0 Å². The second kappa shape index (κ2) is 8.93. The minimum atomic E-state index is 0.581. The van der Waals surface area contributed by atoms with Gasteiger partial charge in [-0.1, -0.05) is 0 Å². The molecule has 0 aromatic heterocycles. The molecule has 4 heteroatoms. The molecular weight excluding hydrogens is 156 g/mol. The zero-order valence-electron chi connectivity index (χ0n) is 8.08. The molecule has 0 unspecified atom stereocenters. The molecule has 0 saturated heterocycles. The van der Waals surface area contributed by atoms with Crippen LogP contribution in [0.4, 0.5) is 0 Å². The van der Waals surface area contributed by atoms with Crippen molar-refractivity contribution in [1.29, 1.82) is 0 Å². The highest BCUT2D eigenvalue weighted by molar-refractivity contribution is 4.40. The number of nitrogens with two attached hydrogens (primary N) is 1. The highest BCUT2D eigenvalue weighted by Gasteiger charge is 1.90. The first kappa shape index (κ1) is 11.8. The van der Waals surface area contributed by atoms with Gasteiger partial charge in [0, 0.05) is 13.1 Å². The highest BCUT2D eigenvalue weighted by Crippen LogP contribution is 1.79. The molecule has 0 rings (SSSR count). The molecule has 0 aromatic carbocycles. The lowest BCUT2D eigenvalue weighted by Gasteiger charge is -2.09. The van der Waals surface area contributed by atoms with Gasteiger partial charge in [0.25, 0.3) is 0 Å². The van der Waals surface area contributed by atoms with Gasteiger partial charge in [-0.3, -0.25) is 0 Å². The van der Waals surface area contributed by atoms with E-state index in [-0.39, 0.29) is 0 Å². The Morgan fingerprint density at radius 2 is 1.58 bits per heavy atom. The Morgan fingerprint density at radius 3 is 2.08 bits per heavy atom. The van der Waals surface area contributed by atoms with Crippen molar-refractivity contribution in [2.45, 2.75) is 0 Å². The van der Waals surface area contributed by atoms with Gasteiger partial charge < -0.3 is 20.1 Å². The normalized spacial score (nSPS) is 11.0. The van der Waals surface area contributed by atoms with Crippen LogP contribution in [0, 0.1) is 0 Å². The third-order valence-electron chi connectivity index (χ3n) is 1.32. The fourth-order valence-electron chi connectivity index (χ4n) is 0.652. The molecule has 0 saturated carbocycles. The average molecular weight is 176 g/mol. The van der Waals surface area contributed by atoms with Gasteiger partial charge >= 0.3 is 0 Å². The van der Waals surface area contributed by atoms with Crippen molar-refractivity contribution in [1.82, 2.24) is 4.90 Å². The molecule has 0 spiro atoms. The van der Waals surface area contributed by atoms with Crippen LogP contribution in [-0.2, 0) is 9.47 Å². The van der Waals surface area contributed by atoms with E-state index in [0.717, 1.165) is 13.2 Å². The second-order valence-corrected chi connectivity index (χ2v) is 2.82. The first-order chi connectivity index (χ1) is 5.77. The molecule has 0 radical (unpaired) electrons. The molecule has 0 aliphatic carbocycles. The Labute approximate surface area is 74.6 Å². The Hall–Kier alpha value is -0.160. The summed E-state index contributed by atoms with van der Waals surface area (Å²) in [7, 11) is 4.04. The molecule has 0 heterocycles. The van der Waals surface area contributed by atoms with Crippen molar-refractivity contribution in [3.05, 3.63) is 0 Å². The van der Waals surface area contributed by atoms with Crippen LogP contribution < -0.4 is 5.73 Å². The van der Waals surface area contributed by atoms with Crippen molar-refractivity contribution < 1.29 is 9.47 Å². The number of rotatable bonds is 8. The Bertz CT molecular complexity index is 89.1. The first-order valence-electron chi connectivity index (χ1n) is 4.27. The third-order valence-corrected chi connectivity index (χ3v) is 1.32. The lowest BCUT2D eigenvalue weighted by molar-refractivity contribution is 0.0454. The van der Waals surface area contributed by atoms with Gasteiger partial charge in [-0.25, -0.2) is 0 Å². The van der Waals surface area contributed by atoms with Crippen LogP contribution in [0.3, 0.4) is 0 Å². The topological polar surface area (TPSA) is 47.7 Å². The van der Waals surface area contributed by atoms with Gasteiger partial charge in [0.2, 0.25) is 0 Å². The summed E-state index contributed by atoms with van der Waals surface area (Å²) in [5, 5.41) is 0. The van der Waals surface area contributed by atoms with E-state index >= 15 is 0 Å². The van der Waals surface area contributed by atoms with Crippen molar-refractivity contribution >= 4 is 0 Å². The Morgan fingerprint density at radius 1 is 1.00 bits per heavy atom. The van der Waals surface area contributed by atoms with Crippen LogP contribution in [0.15, 0.2) is 0 Å². The number of hydrogen-bond donors (Lipinski definition) is 1. The van der Waals surface area contributed by atoms with Gasteiger partial charge in [0.05, 0.1) is 26.4 Å². The molecule has 2 N–H and O–H groups in total. The van der Waals surface area contributed by atoms with Crippen LogP contribution in [-0.4, -0.2) is 58.5 Å². The van der Waals surface area contributed by atoms with Crippen LogP contribution in [0.5, 0.6) is 0 Å². The lowest BCUT2D eigenvalue weighted by Crippen LogP contribution is -2.19. The summed E-state index contributed by atoms with van der Waals surface area (Å²) < 4.78 is 10.4. The molecule has 0 bridgehead atoms. The molecule has 0 aliphatic rings. The largest absolute Gasteiger partial charge is 0.378 e. The van der Waals surface area contributed by atoms with Crippen LogP contribution in [0.1, 0.15) is 0 Å². The van der Waals surface area contributed by atoms with Gasteiger partial charge in [-0.05, 0) is 14.1 Å². The Balaban J connectivity index is 2.82. The second-order valence-electron chi connectivity index (χ2n) is 2.82. The molecule has 0 atom stereocenters. The lowest BCUT2D eigenvalue weighted by atomic mass is 10.6.